The Morgan fingerprint density at radius 3 is 2.62 bits per heavy atom. The Hall–Kier alpha value is -2.60. The van der Waals surface area contributed by atoms with Gasteiger partial charge in [-0.1, -0.05) is 12.1 Å². The number of hydrogen-bond acceptors (Lipinski definition) is 5. The number of ether oxygens (including phenoxy) is 1. The van der Waals surface area contributed by atoms with Crippen molar-refractivity contribution in [3.05, 3.63) is 48.2 Å². The molecule has 0 unspecified atom stereocenters. The summed E-state index contributed by atoms with van der Waals surface area (Å²) in [7, 11) is 2.12. The lowest BCUT2D eigenvalue weighted by Crippen LogP contribution is -2.44. The van der Waals surface area contributed by atoms with Gasteiger partial charge in [0.25, 0.3) is 5.91 Å². The summed E-state index contributed by atoms with van der Waals surface area (Å²) < 4.78 is 5.77. The molecule has 0 spiro atoms. The number of pyridine rings is 1. The van der Waals surface area contributed by atoms with Gasteiger partial charge in [0.2, 0.25) is 0 Å². The van der Waals surface area contributed by atoms with Crippen molar-refractivity contribution in [2.24, 2.45) is 0 Å². The molecule has 1 N–H and O–H groups in total. The number of amides is 1. The number of anilines is 2. The number of likely N-dealkylation sites (N-methyl/N-ethyl adjacent to an activating group) is 1. The fourth-order valence-electron chi connectivity index (χ4n) is 2.89. The van der Waals surface area contributed by atoms with E-state index < -0.39 is 0 Å². The molecule has 26 heavy (non-hydrogen) atoms. The molecule has 0 atom stereocenters. The summed E-state index contributed by atoms with van der Waals surface area (Å²) in [6.07, 6.45) is 1.73. The molecule has 1 amide bonds. The molecule has 0 aliphatic carbocycles. The minimum absolute atomic E-state index is 0.0396. The number of para-hydroxylation sites is 2. The largest absolute Gasteiger partial charge is 0.489 e. The van der Waals surface area contributed by atoms with Crippen LogP contribution in [0.25, 0.3) is 0 Å². The summed E-state index contributed by atoms with van der Waals surface area (Å²) in [5.41, 5.74) is 1.26. The molecular weight excluding hydrogens is 328 g/mol. The lowest BCUT2D eigenvalue weighted by atomic mass is 10.2. The van der Waals surface area contributed by atoms with Crippen molar-refractivity contribution in [2.45, 2.75) is 20.0 Å². The topological polar surface area (TPSA) is 57.7 Å². The van der Waals surface area contributed by atoms with Gasteiger partial charge in [-0.25, -0.2) is 4.98 Å². The molecule has 6 heteroatoms. The number of piperazine rings is 1. The zero-order valence-corrected chi connectivity index (χ0v) is 15.6. The second-order valence-corrected chi connectivity index (χ2v) is 6.81. The maximum absolute atomic E-state index is 12.7. The molecule has 1 aromatic heterocycles. The number of carbonyl (C=O) groups excluding carboxylic acids is 1. The van der Waals surface area contributed by atoms with Crippen LogP contribution in [0.1, 0.15) is 24.2 Å². The fraction of sp³-hybridized carbons (Fsp3) is 0.400. The Bertz CT molecular complexity index is 755. The highest BCUT2D eigenvalue weighted by Crippen LogP contribution is 2.25. The van der Waals surface area contributed by atoms with Crippen molar-refractivity contribution >= 4 is 17.4 Å². The van der Waals surface area contributed by atoms with E-state index in [9.17, 15) is 4.79 Å². The zero-order valence-electron chi connectivity index (χ0n) is 15.6. The Morgan fingerprint density at radius 2 is 1.88 bits per heavy atom. The van der Waals surface area contributed by atoms with E-state index in [-0.39, 0.29) is 12.0 Å². The molecule has 1 aliphatic rings. The highest BCUT2D eigenvalue weighted by atomic mass is 16.5. The first-order chi connectivity index (χ1) is 12.5. The van der Waals surface area contributed by atoms with Gasteiger partial charge in [-0.2, -0.15) is 0 Å². The third-order valence-corrected chi connectivity index (χ3v) is 4.33. The highest BCUT2D eigenvalue weighted by molar-refractivity contribution is 6.05. The molecule has 1 aliphatic heterocycles. The van der Waals surface area contributed by atoms with Gasteiger partial charge in [0.1, 0.15) is 11.6 Å². The van der Waals surface area contributed by atoms with Crippen LogP contribution in [-0.2, 0) is 0 Å². The van der Waals surface area contributed by atoms with E-state index in [1.54, 1.807) is 12.3 Å². The van der Waals surface area contributed by atoms with Crippen molar-refractivity contribution < 1.29 is 9.53 Å². The van der Waals surface area contributed by atoms with Crippen LogP contribution < -0.4 is 15.0 Å². The first kappa shape index (κ1) is 18.2. The smallest absolute Gasteiger partial charge is 0.255 e. The minimum atomic E-state index is -0.164. The number of rotatable bonds is 5. The van der Waals surface area contributed by atoms with Crippen molar-refractivity contribution in [3.63, 3.8) is 0 Å². The predicted molar refractivity (Wildman–Crippen MR) is 104 cm³/mol. The molecule has 0 saturated carbocycles. The van der Waals surface area contributed by atoms with Crippen LogP contribution in [0.15, 0.2) is 42.6 Å². The van der Waals surface area contributed by atoms with E-state index in [1.807, 2.05) is 44.2 Å². The summed E-state index contributed by atoms with van der Waals surface area (Å²) in [5, 5.41) is 2.95. The molecule has 3 rings (SSSR count). The van der Waals surface area contributed by atoms with Gasteiger partial charge in [0.15, 0.2) is 0 Å². The zero-order chi connectivity index (χ0) is 18.5. The Balaban J connectivity index is 1.74. The van der Waals surface area contributed by atoms with Crippen LogP contribution in [0.5, 0.6) is 5.75 Å². The lowest BCUT2D eigenvalue weighted by Gasteiger charge is -2.33. The van der Waals surface area contributed by atoms with Gasteiger partial charge in [-0.05, 0) is 45.2 Å². The Labute approximate surface area is 154 Å². The monoisotopic (exact) mass is 354 g/mol. The van der Waals surface area contributed by atoms with Gasteiger partial charge in [-0.15, -0.1) is 0 Å². The van der Waals surface area contributed by atoms with Crippen molar-refractivity contribution in [3.8, 4) is 5.75 Å². The first-order valence-electron chi connectivity index (χ1n) is 8.99. The second-order valence-electron chi connectivity index (χ2n) is 6.81. The first-order valence-corrected chi connectivity index (χ1v) is 8.99. The van der Waals surface area contributed by atoms with E-state index >= 15 is 0 Å². The highest BCUT2D eigenvalue weighted by Gasteiger charge is 2.17. The summed E-state index contributed by atoms with van der Waals surface area (Å²) in [6, 6.07) is 11.1. The maximum Gasteiger partial charge on any atom is 0.255 e. The summed E-state index contributed by atoms with van der Waals surface area (Å²) in [5.74, 6) is 1.35. The second kappa shape index (κ2) is 8.19. The molecule has 1 fully saturated rings. The SMILES string of the molecule is CC(C)Oc1ccccc1NC(=O)c1ccnc(N2CCN(C)CC2)c1. The van der Waals surface area contributed by atoms with Crippen LogP contribution in [0.4, 0.5) is 11.5 Å². The van der Waals surface area contributed by atoms with Gasteiger partial charge in [-0.3, -0.25) is 4.79 Å². The number of carbonyl (C=O) groups is 1. The molecule has 0 bridgehead atoms. The minimum Gasteiger partial charge on any atom is -0.489 e. The maximum atomic E-state index is 12.7. The lowest BCUT2D eigenvalue weighted by molar-refractivity contribution is 0.102. The predicted octanol–water partition coefficient (Wildman–Crippen LogP) is 2.87. The van der Waals surface area contributed by atoms with Gasteiger partial charge in [0, 0.05) is 37.9 Å². The van der Waals surface area contributed by atoms with E-state index in [4.69, 9.17) is 4.74 Å². The standard InChI is InChI=1S/C20H26N4O2/c1-15(2)26-18-7-5-4-6-17(18)22-20(25)16-8-9-21-19(14-16)24-12-10-23(3)11-13-24/h4-9,14-15H,10-13H2,1-3H3,(H,22,25). The molecular formula is C20H26N4O2. The molecule has 1 saturated heterocycles. The molecule has 2 aromatic rings. The third-order valence-electron chi connectivity index (χ3n) is 4.33. The van der Waals surface area contributed by atoms with Crippen LogP contribution in [0.2, 0.25) is 0 Å². The fourth-order valence-corrected chi connectivity index (χ4v) is 2.89. The van der Waals surface area contributed by atoms with Crippen LogP contribution in [0, 0.1) is 0 Å². The van der Waals surface area contributed by atoms with Crippen molar-refractivity contribution in [1.29, 1.82) is 0 Å². The van der Waals surface area contributed by atoms with Crippen LogP contribution >= 0.6 is 0 Å². The molecule has 0 radical (unpaired) electrons. The van der Waals surface area contributed by atoms with E-state index in [2.05, 4.69) is 27.1 Å². The molecule has 2 heterocycles. The average molecular weight is 354 g/mol. The van der Waals surface area contributed by atoms with Crippen molar-refractivity contribution in [1.82, 2.24) is 9.88 Å². The third kappa shape index (κ3) is 4.52. The van der Waals surface area contributed by atoms with Gasteiger partial charge in [0.05, 0.1) is 11.8 Å². The van der Waals surface area contributed by atoms with Crippen LogP contribution in [0.3, 0.4) is 0 Å². The number of hydrogen-bond donors (Lipinski definition) is 1. The quantitative estimate of drug-likeness (QED) is 0.895. The van der Waals surface area contributed by atoms with E-state index in [0.717, 1.165) is 32.0 Å². The Kier molecular flexibility index (Phi) is 5.73. The number of nitrogens with one attached hydrogen (secondary N) is 1. The van der Waals surface area contributed by atoms with Gasteiger partial charge < -0.3 is 19.9 Å². The number of nitrogens with zero attached hydrogens (tertiary/aromatic N) is 3. The summed E-state index contributed by atoms with van der Waals surface area (Å²) in [4.78, 5) is 21.7. The van der Waals surface area contributed by atoms with Gasteiger partial charge >= 0.3 is 0 Å². The molecule has 6 nitrogen and oxygen atoms in total. The van der Waals surface area contributed by atoms with E-state index in [1.165, 1.54) is 0 Å². The summed E-state index contributed by atoms with van der Waals surface area (Å²) in [6.45, 7) is 7.75. The summed E-state index contributed by atoms with van der Waals surface area (Å²) >= 11 is 0. The number of benzene rings is 1. The molecule has 1 aromatic carbocycles. The van der Waals surface area contributed by atoms with E-state index in [0.29, 0.717) is 17.0 Å². The normalized spacial score (nSPS) is 15.2. The van der Waals surface area contributed by atoms with Crippen LogP contribution in [-0.4, -0.2) is 55.1 Å². The molecule has 138 valence electrons. The Morgan fingerprint density at radius 1 is 1.15 bits per heavy atom. The number of aromatic nitrogens is 1. The van der Waals surface area contributed by atoms with Crippen molar-refractivity contribution in [2.75, 3.05) is 43.4 Å². The average Bonchev–Trinajstić information content (AvgIpc) is 2.63.